The molecule has 7 nitrogen and oxygen atoms in total. The lowest BCUT2D eigenvalue weighted by Gasteiger charge is -2.05. The minimum absolute atomic E-state index is 0.228. The van der Waals surface area contributed by atoms with Crippen LogP contribution in [0.5, 0.6) is 0 Å². The first kappa shape index (κ1) is 15.0. The van der Waals surface area contributed by atoms with Crippen molar-refractivity contribution >= 4 is 11.9 Å². The standard InChI is InChI=1S/C14H18N4O3/c1-20-10-11-4-5-12(21-11)13(19)15-6-2-7-16-14-17-8-3-9-18-14/h3-5,8-9H,2,6-7,10H2,1H3,(H,15,19)(H,16,17,18). The van der Waals surface area contributed by atoms with Crippen LogP contribution in [0, 0.1) is 0 Å². The van der Waals surface area contributed by atoms with Crippen molar-refractivity contribution in [3.63, 3.8) is 0 Å². The monoisotopic (exact) mass is 290 g/mol. The van der Waals surface area contributed by atoms with Gasteiger partial charge in [0, 0.05) is 32.6 Å². The van der Waals surface area contributed by atoms with E-state index < -0.39 is 0 Å². The van der Waals surface area contributed by atoms with E-state index in [4.69, 9.17) is 9.15 Å². The van der Waals surface area contributed by atoms with Crippen LogP contribution in [0.2, 0.25) is 0 Å². The number of furan rings is 1. The molecule has 7 heteroatoms. The molecule has 0 atom stereocenters. The molecule has 0 unspecified atom stereocenters. The van der Waals surface area contributed by atoms with Gasteiger partial charge in [-0.05, 0) is 24.6 Å². The quantitative estimate of drug-likeness (QED) is 0.715. The molecule has 0 aliphatic rings. The number of hydrogen-bond acceptors (Lipinski definition) is 6. The number of hydrogen-bond donors (Lipinski definition) is 2. The summed E-state index contributed by atoms with van der Waals surface area (Å²) in [7, 11) is 1.58. The second-order valence-electron chi connectivity index (χ2n) is 4.31. The third kappa shape index (κ3) is 4.88. The van der Waals surface area contributed by atoms with E-state index in [-0.39, 0.29) is 5.91 Å². The molecule has 112 valence electrons. The van der Waals surface area contributed by atoms with Gasteiger partial charge in [-0.2, -0.15) is 0 Å². The SMILES string of the molecule is COCc1ccc(C(=O)NCCCNc2ncccn2)o1. The predicted octanol–water partition coefficient (Wildman–Crippen LogP) is 1.45. The fourth-order valence-corrected chi connectivity index (χ4v) is 1.69. The average molecular weight is 290 g/mol. The lowest BCUT2D eigenvalue weighted by molar-refractivity contribution is 0.0917. The van der Waals surface area contributed by atoms with E-state index in [0.29, 0.717) is 37.2 Å². The first-order valence-electron chi connectivity index (χ1n) is 6.66. The maximum absolute atomic E-state index is 11.8. The molecule has 2 aromatic rings. The molecule has 0 radical (unpaired) electrons. The molecule has 0 bridgehead atoms. The van der Waals surface area contributed by atoms with E-state index >= 15 is 0 Å². The molecular weight excluding hydrogens is 272 g/mol. The Balaban J connectivity index is 1.64. The maximum atomic E-state index is 11.8. The summed E-state index contributed by atoms with van der Waals surface area (Å²) in [6.45, 7) is 1.57. The summed E-state index contributed by atoms with van der Waals surface area (Å²) < 4.78 is 10.3. The summed E-state index contributed by atoms with van der Waals surface area (Å²) in [6.07, 6.45) is 4.10. The van der Waals surface area contributed by atoms with Crippen LogP contribution in [0.3, 0.4) is 0 Å². The van der Waals surface area contributed by atoms with Crippen molar-refractivity contribution in [1.29, 1.82) is 0 Å². The van der Waals surface area contributed by atoms with E-state index in [1.54, 1.807) is 37.7 Å². The number of aromatic nitrogens is 2. The van der Waals surface area contributed by atoms with Crippen LogP contribution in [0.15, 0.2) is 35.0 Å². The Bertz CT molecular complexity index is 556. The number of rotatable bonds is 8. The van der Waals surface area contributed by atoms with Gasteiger partial charge in [-0.25, -0.2) is 9.97 Å². The Hall–Kier alpha value is -2.41. The van der Waals surface area contributed by atoms with Crippen LogP contribution >= 0.6 is 0 Å². The van der Waals surface area contributed by atoms with Crippen molar-refractivity contribution in [3.05, 3.63) is 42.1 Å². The van der Waals surface area contributed by atoms with Gasteiger partial charge in [-0.15, -0.1) is 0 Å². The fourth-order valence-electron chi connectivity index (χ4n) is 1.69. The summed E-state index contributed by atoms with van der Waals surface area (Å²) >= 11 is 0. The first-order valence-corrected chi connectivity index (χ1v) is 6.66. The van der Waals surface area contributed by atoms with Crippen molar-refractivity contribution < 1.29 is 13.9 Å². The zero-order valence-electron chi connectivity index (χ0n) is 11.8. The number of carbonyl (C=O) groups is 1. The highest BCUT2D eigenvalue weighted by Gasteiger charge is 2.10. The number of anilines is 1. The molecule has 2 heterocycles. The normalized spacial score (nSPS) is 10.3. The zero-order chi connectivity index (χ0) is 14.9. The van der Waals surface area contributed by atoms with Gasteiger partial charge in [0.2, 0.25) is 5.95 Å². The average Bonchev–Trinajstić information content (AvgIpc) is 2.97. The van der Waals surface area contributed by atoms with Gasteiger partial charge in [0.25, 0.3) is 5.91 Å². The zero-order valence-corrected chi connectivity index (χ0v) is 11.8. The molecule has 0 aromatic carbocycles. The molecule has 2 N–H and O–H groups in total. The van der Waals surface area contributed by atoms with Crippen LogP contribution in [-0.2, 0) is 11.3 Å². The number of ether oxygens (including phenoxy) is 1. The molecule has 1 amide bonds. The molecule has 0 aliphatic heterocycles. The van der Waals surface area contributed by atoms with E-state index in [2.05, 4.69) is 20.6 Å². The van der Waals surface area contributed by atoms with Crippen molar-refractivity contribution in [3.8, 4) is 0 Å². The van der Waals surface area contributed by atoms with E-state index in [1.807, 2.05) is 0 Å². The Labute approximate surface area is 122 Å². The highest BCUT2D eigenvalue weighted by Crippen LogP contribution is 2.08. The van der Waals surface area contributed by atoms with Crippen molar-refractivity contribution in [2.45, 2.75) is 13.0 Å². The first-order chi connectivity index (χ1) is 10.3. The molecule has 21 heavy (non-hydrogen) atoms. The lowest BCUT2D eigenvalue weighted by atomic mass is 10.3. The summed E-state index contributed by atoms with van der Waals surface area (Å²) in [5.41, 5.74) is 0. The van der Waals surface area contributed by atoms with Gasteiger partial charge in [0.15, 0.2) is 5.76 Å². The number of nitrogens with one attached hydrogen (secondary N) is 2. The third-order valence-electron chi connectivity index (χ3n) is 2.66. The van der Waals surface area contributed by atoms with Crippen LogP contribution < -0.4 is 10.6 Å². The predicted molar refractivity (Wildman–Crippen MR) is 76.9 cm³/mol. The Morgan fingerprint density at radius 2 is 2.10 bits per heavy atom. The van der Waals surface area contributed by atoms with Crippen molar-refractivity contribution in [1.82, 2.24) is 15.3 Å². The minimum atomic E-state index is -0.228. The molecule has 2 aromatic heterocycles. The highest BCUT2D eigenvalue weighted by atomic mass is 16.5. The fraction of sp³-hybridized carbons (Fsp3) is 0.357. The Kier molecular flexibility index (Phi) is 5.71. The second-order valence-corrected chi connectivity index (χ2v) is 4.31. The number of methoxy groups -OCH3 is 1. The molecule has 2 rings (SSSR count). The van der Waals surface area contributed by atoms with Crippen molar-refractivity contribution in [2.75, 3.05) is 25.5 Å². The topological polar surface area (TPSA) is 89.3 Å². The van der Waals surface area contributed by atoms with E-state index in [1.165, 1.54) is 0 Å². The van der Waals surface area contributed by atoms with Gasteiger partial charge < -0.3 is 19.8 Å². The summed E-state index contributed by atoms with van der Waals surface area (Å²) in [4.78, 5) is 19.9. The van der Waals surface area contributed by atoms with Gasteiger partial charge in [0.1, 0.15) is 12.4 Å². The van der Waals surface area contributed by atoms with Gasteiger partial charge in [-0.1, -0.05) is 0 Å². The number of nitrogens with zero attached hydrogens (tertiary/aromatic N) is 2. The van der Waals surface area contributed by atoms with Gasteiger partial charge in [-0.3, -0.25) is 4.79 Å². The lowest BCUT2D eigenvalue weighted by Crippen LogP contribution is -2.25. The van der Waals surface area contributed by atoms with Crippen LogP contribution in [0.1, 0.15) is 22.7 Å². The smallest absolute Gasteiger partial charge is 0.286 e. The molecular formula is C14H18N4O3. The molecule has 0 saturated carbocycles. The van der Waals surface area contributed by atoms with Crippen LogP contribution in [-0.4, -0.2) is 36.1 Å². The second kappa shape index (κ2) is 8.01. The molecule has 0 saturated heterocycles. The molecule has 0 aliphatic carbocycles. The molecule has 0 spiro atoms. The largest absolute Gasteiger partial charge is 0.453 e. The highest BCUT2D eigenvalue weighted by molar-refractivity contribution is 5.91. The van der Waals surface area contributed by atoms with Gasteiger partial charge >= 0.3 is 0 Å². The van der Waals surface area contributed by atoms with Crippen LogP contribution in [0.4, 0.5) is 5.95 Å². The maximum Gasteiger partial charge on any atom is 0.286 e. The van der Waals surface area contributed by atoms with Gasteiger partial charge in [0.05, 0.1) is 0 Å². The molecule has 0 fully saturated rings. The number of carbonyl (C=O) groups excluding carboxylic acids is 1. The van der Waals surface area contributed by atoms with E-state index in [9.17, 15) is 4.79 Å². The summed E-state index contributed by atoms with van der Waals surface area (Å²) in [5.74, 6) is 1.28. The van der Waals surface area contributed by atoms with E-state index in [0.717, 1.165) is 6.42 Å². The Morgan fingerprint density at radius 3 is 2.86 bits per heavy atom. The van der Waals surface area contributed by atoms with Crippen LogP contribution in [0.25, 0.3) is 0 Å². The third-order valence-corrected chi connectivity index (χ3v) is 2.66. The van der Waals surface area contributed by atoms with Crippen molar-refractivity contribution in [2.24, 2.45) is 0 Å². The minimum Gasteiger partial charge on any atom is -0.453 e. The summed E-state index contributed by atoms with van der Waals surface area (Å²) in [6, 6.07) is 5.12. The Morgan fingerprint density at radius 1 is 1.29 bits per heavy atom. The summed E-state index contributed by atoms with van der Waals surface area (Å²) in [5, 5.41) is 5.85. The number of amides is 1.